The number of guanidine groups is 1. The number of amides is 2. The number of aliphatic imine (C=N–C) groups is 1. The van der Waals surface area contributed by atoms with Crippen LogP contribution in [0.5, 0.6) is 0 Å². The molecule has 27 heavy (non-hydrogen) atoms. The third-order valence-corrected chi connectivity index (χ3v) is 4.63. The van der Waals surface area contributed by atoms with Gasteiger partial charge in [-0.05, 0) is 25.1 Å². The van der Waals surface area contributed by atoms with Gasteiger partial charge >= 0.3 is 0 Å². The van der Waals surface area contributed by atoms with Crippen molar-refractivity contribution in [2.45, 2.75) is 31.3 Å². The van der Waals surface area contributed by atoms with Crippen molar-refractivity contribution in [2.24, 2.45) is 15.8 Å². The highest BCUT2D eigenvalue weighted by molar-refractivity contribution is 6.43. The van der Waals surface area contributed by atoms with E-state index in [2.05, 4.69) is 25.7 Å². The van der Waals surface area contributed by atoms with Crippen LogP contribution in [-0.2, 0) is 15.1 Å². The number of hydrogen-bond acceptors (Lipinski definition) is 7. The number of hydrazone groups is 1. The van der Waals surface area contributed by atoms with Crippen molar-refractivity contribution in [1.82, 2.24) is 15.3 Å². The van der Waals surface area contributed by atoms with Crippen molar-refractivity contribution in [3.8, 4) is 0 Å². The lowest BCUT2D eigenvalue weighted by atomic mass is 9.92. The van der Waals surface area contributed by atoms with Crippen LogP contribution in [0.3, 0.4) is 0 Å². The monoisotopic (exact) mass is 365 g/mol. The molecule has 2 atom stereocenters. The molecule has 0 fully saturated rings. The molecule has 3 aliphatic rings. The van der Waals surface area contributed by atoms with E-state index in [1.54, 1.807) is 30.3 Å². The Hall–Kier alpha value is -3.49. The van der Waals surface area contributed by atoms with E-state index in [1.807, 2.05) is 24.4 Å². The van der Waals surface area contributed by atoms with Gasteiger partial charge in [-0.1, -0.05) is 12.2 Å². The van der Waals surface area contributed by atoms with Gasteiger partial charge in [0.1, 0.15) is 11.3 Å². The van der Waals surface area contributed by atoms with Gasteiger partial charge in [-0.15, -0.1) is 0 Å². The molecule has 0 spiro atoms. The van der Waals surface area contributed by atoms with Crippen LogP contribution in [0.1, 0.15) is 25.5 Å². The number of rotatable bonds is 3. The number of fused-ring (bicyclic) bond motifs is 1. The standard InChI is InChI=1S/C18H19N7O2/c1-18(10-15(26)22-17(19)23-18)14-8-11(5-6-20-14)21-16(27)13-9-12-4-2-3-7-25(12)24-13/h2-8,12H,9-10H2,1H3,(H,20,21,27)(H3,19,22,23,26). The molecule has 3 aliphatic heterocycles. The van der Waals surface area contributed by atoms with E-state index in [-0.39, 0.29) is 30.2 Å². The molecule has 2 unspecified atom stereocenters. The van der Waals surface area contributed by atoms with Crippen molar-refractivity contribution in [3.05, 3.63) is 48.5 Å². The van der Waals surface area contributed by atoms with Crippen molar-refractivity contribution < 1.29 is 9.59 Å². The zero-order valence-corrected chi connectivity index (χ0v) is 14.7. The summed E-state index contributed by atoms with van der Waals surface area (Å²) in [6, 6.07) is 3.47. The Morgan fingerprint density at radius 1 is 1.44 bits per heavy atom. The van der Waals surface area contributed by atoms with E-state index in [4.69, 9.17) is 5.73 Å². The van der Waals surface area contributed by atoms with Crippen LogP contribution in [0, 0.1) is 0 Å². The molecule has 138 valence electrons. The fourth-order valence-electron chi connectivity index (χ4n) is 3.30. The number of allylic oxidation sites excluding steroid dienone is 2. The topological polar surface area (TPSA) is 125 Å². The molecule has 4 heterocycles. The van der Waals surface area contributed by atoms with Crippen molar-refractivity contribution >= 4 is 29.2 Å². The Morgan fingerprint density at radius 3 is 3.07 bits per heavy atom. The predicted molar refractivity (Wildman–Crippen MR) is 101 cm³/mol. The van der Waals surface area contributed by atoms with E-state index in [0.717, 1.165) is 0 Å². The summed E-state index contributed by atoms with van der Waals surface area (Å²) in [7, 11) is 0. The van der Waals surface area contributed by atoms with E-state index in [0.29, 0.717) is 23.5 Å². The lowest BCUT2D eigenvalue weighted by molar-refractivity contribution is -0.121. The molecule has 0 aromatic carbocycles. The number of hydrogen-bond donors (Lipinski definition) is 3. The quantitative estimate of drug-likeness (QED) is 0.723. The van der Waals surface area contributed by atoms with Crippen LogP contribution in [0.15, 0.2) is 52.9 Å². The summed E-state index contributed by atoms with van der Waals surface area (Å²) in [5, 5.41) is 11.4. The molecule has 1 aromatic rings. The number of nitrogens with zero attached hydrogens (tertiary/aromatic N) is 4. The summed E-state index contributed by atoms with van der Waals surface area (Å²) in [4.78, 5) is 33.0. The van der Waals surface area contributed by atoms with Gasteiger partial charge in [0, 0.05) is 24.5 Å². The van der Waals surface area contributed by atoms with E-state index in [9.17, 15) is 9.59 Å². The Bertz CT molecular complexity index is 933. The minimum absolute atomic E-state index is 0.0584. The fraction of sp³-hybridized carbons (Fsp3) is 0.278. The fourth-order valence-corrected chi connectivity index (χ4v) is 3.30. The summed E-state index contributed by atoms with van der Waals surface area (Å²) in [6.07, 6.45) is 9.91. The molecule has 1 aromatic heterocycles. The van der Waals surface area contributed by atoms with Crippen LogP contribution in [-0.4, -0.2) is 39.5 Å². The molecule has 0 saturated carbocycles. The van der Waals surface area contributed by atoms with Crippen molar-refractivity contribution in [2.75, 3.05) is 5.32 Å². The van der Waals surface area contributed by atoms with Gasteiger partial charge in [0.25, 0.3) is 5.91 Å². The number of nitrogens with two attached hydrogens (primary N) is 1. The van der Waals surface area contributed by atoms with Gasteiger partial charge in [0.15, 0.2) is 5.96 Å². The maximum atomic E-state index is 12.6. The number of carbonyl (C=O) groups is 2. The normalized spacial score (nSPS) is 26.2. The van der Waals surface area contributed by atoms with Gasteiger partial charge in [-0.25, -0.2) is 4.99 Å². The first-order chi connectivity index (χ1) is 12.9. The summed E-state index contributed by atoms with van der Waals surface area (Å²) < 4.78 is 0. The van der Waals surface area contributed by atoms with Crippen LogP contribution >= 0.6 is 0 Å². The second kappa shape index (κ2) is 6.35. The summed E-state index contributed by atoms with van der Waals surface area (Å²) in [5.41, 5.74) is 6.37. The first kappa shape index (κ1) is 17.0. The Balaban J connectivity index is 1.53. The number of anilines is 1. The summed E-state index contributed by atoms with van der Waals surface area (Å²) in [6.45, 7) is 1.78. The third kappa shape index (κ3) is 3.31. The molecule has 0 bridgehead atoms. The smallest absolute Gasteiger partial charge is 0.271 e. The molecule has 2 amide bonds. The maximum Gasteiger partial charge on any atom is 0.271 e. The number of nitrogens with one attached hydrogen (secondary N) is 2. The zero-order chi connectivity index (χ0) is 19.0. The van der Waals surface area contributed by atoms with E-state index in [1.165, 1.54) is 0 Å². The summed E-state index contributed by atoms with van der Waals surface area (Å²) in [5.74, 6) is -0.430. The maximum absolute atomic E-state index is 12.6. The molecule has 9 heteroatoms. The summed E-state index contributed by atoms with van der Waals surface area (Å²) >= 11 is 0. The molecule has 0 radical (unpaired) electrons. The molecule has 9 nitrogen and oxygen atoms in total. The highest BCUT2D eigenvalue weighted by Gasteiger charge is 2.35. The van der Waals surface area contributed by atoms with Gasteiger partial charge in [0.05, 0.1) is 18.2 Å². The Morgan fingerprint density at radius 2 is 2.30 bits per heavy atom. The predicted octanol–water partition coefficient (Wildman–Crippen LogP) is 0.584. The highest BCUT2D eigenvalue weighted by Crippen LogP contribution is 2.31. The lowest BCUT2D eigenvalue weighted by Gasteiger charge is -2.28. The molecule has 0 aliphatic carbocycles. The zero-order valence-electron chi connectivity index (χ0n) is 14.7. The third-order valence-electron chi connectivity index (χ3n) is 4.63. The van der Waals surface area contributed by atoms with Gasteiger partial charge in [0.2, 0.25) is 5.91 Å². The Kier molecular flexibility index (Phi) is 3.98. The number of pyridine rings is 1. The van der Waals surface area contributed by atoms with Gasteiger partial charge < -0.3 is 11.1 Å². The van der Waals surface area contributed by atoms with Crippen LogP contribution in [0.2, 0.25) is 0 Å². The van der Waals surface area contributed by atoms with Gasteiger partial charge in [-0.2, -0.15) is 5.10 Å². The Labute approximate surface area is 155 Å². The number of aromatic nitrogens is 1. The molecule has 4 N–H and O–H groups in total. The van der Waals surface area contributed by atoms with Crippen LogP contribution in [0.25, 0.3) is 0 Å². The van der Waals surface area contributed by atoms with Crippen molar-refractivity contribution in [1.29, 1.82) is 0 Å². The first-order valence-electron chi connectivity index (χ1n) is 8.57. The SMILES string of the molecule is CC1(c2cc(NC(=O)C3=NN4C=CC=CC4C3)ccn2)CC(=O)NC(N)=N1. The highest BCUT2D eigenvalue weighted by atomic mass is 16.2. The second-order valence-electron chi connectivity index (χ2n) is 6.80. The van der Waals surface area contributed by atoms with E-state index >= 15 is 0 Å². The van der Waals surface area contributed by atoms with Crippen LogP contribution in [0.4, 0.5) is 5.69 Å². The minimum Gasteiger partial charge on any atom is -0.370 e. The molecular formula is C18H19N7O2. The first-order valence-corrected chi connectivity index (χ1v) is 8.57. The largest absolute Gasteiger partial charge is 0.370 e. The van der Waals surface area contributed by atoms with Crippen LogP contribution < -0.4 is 16.4 Å². The average Bonchev–Trinajstić information content (AvgIpc) is 3.05. The van der Waals surface area contributed by atoms with Gasteiger partial charge in [-0.3, -0.25) is 24.9 Å². The minimum atomic E-state index is -0.881. The lowest BCUT2D eigenvalue weighted by Crippen LogP contribution is -2.46. The average molecular weight is 365 g/mol. The second-order valence-corrected chi connectivity index (χ2v) is 6.80. The molecule has 4 rings (SSSR count). The number of carbonyl (C=O) groups excluding carboxylic acids is 2. The molecule has 0 saturated heterocycles. The van der Waals surface area contributed by atoms with Crippen molar-refractivity contribution in [3.63, 3.8) is 0 Å². The van der Waals surface area contributed by atoms with E-state index < -0.39 is 5.54 Å². The molecular weight excluding hydrogens is 346 g/mol.